The fourth-order valence-electron chi connectivity index (χ4n) is 2.67. The van der Waals surface area contributed by atoms with Crippen LogP contribution in [0.1, 0.15) is 80.6 Å². The predicted molar refractivity (Wildman–Crippen MR) is 96.8 cm³/mol. The molecule has 1 rings (SSSR count). The smallest absolute Gasteiger partial charge is 0.251 e. The van der Waals surface area contributed by atoms with Crippen LogP contribution < -0.4 is 5.32 Å². The maximum absolute atomic E-state index is 11.8. The third-order valence-corrected chi connectivity index (χ3v) is 4.16. The van der Waals surface area contributed by atoms with Gasteiger partial charge >= 0.3 is 0 Å². The summed E-state index contributed by atoms with van der Waals surface area (Å²) in [4.78, 5) is 11.8. The van der Waals surface area contributed by atoms with E-state index in [0.29, 0.717) is 18.5 Å². The van der Waals surface area contributed by atoms with Gasteiger partial charge in [0.05, 0.1) is 0 Å². The minimum atomic E-state index is -0.0583. The summed E-state index contributed by atoms with van der Waals surface area (Å²) >= 11 is 0. The SMILES string of the molecule is CCCCCCCCCCc1ccc(C(=O)NCCCO)cc1. The molecule has 0 heterocycles. The second-order valence-corrected chi connectivity index (χ2v) is 6.25. The molecule has 1 aromatic carbocycles. The third-order valence-electron chi connectivity index (χ3n) is 4.16. The monoisotopic (exact) mass is 319 g/mol. The average molecular weight is 319 g/mol. The van der Waals surface area contributed by atoms with Gasteiger partial charge < -0.3 is 10.4 Å². The van der Waals surface area contributed by atoms with Gasteiger partial charge in [0.25, 0.3) is 5.91 Å². The molecule has 0 aliphatic rings. The lowest BCUT2D eigenvalue weighted by Gasteiger charge is -2.06. The number of aliphatic hydroxyl groups excluding tert-OH is 1. The summed E-state index contributed by atoms with van der Waals surface area (Å²) in [6.07, 6.45) is 12.4. The van der Waals surface area contributed by atoms with Crippen molar-refractivity contribution in [2.45, 2.75) is 71.1 Å². The lowest BCUT2D eigenvalue weighted by molar-refractivity contribution is 0.0951. The fourth-order valence-corrected chi connectivity index (χ4v) is 2.67. The first-order valence-electron chi connectivity index (χ1n) is 9.26. The van der Waals surface area contributed by atoms with Gasteiger partial charge in [0, 0.05) is 18.7 Å². The minimum Gasteiger partial charge on any atom is -0.396 e. The third kappa shape index (κ3) is 9.39. The van der Waals surface area contributed by atoms with E-state index in [2.05, 4.69) is 24.4 Å². The zero-order valence-electron chi connectivity index (χ0n) is 14.7. The molecule has 3 nitrogen and oxygen atoms in total. The Kier molecular flexibility index (Phi) is 11.2. The number of carbonyl (C=O) groups excluding carboxylic acids is 1. The van der Waals surface area contributed by atoms with Crippen molar-refractivity contribution in [1.82, 2.24) is 5.32 Å². The predicted octanol–water partition coefficient (Wildman–Crippen LogP) is 4.48. The van der Waals surface area contributed by atoms with Crippen LogP contribution in [-0.4, -0.2) is 24.2 Å². The van der Waals surface area contributed by atoms with Crippen LogP contribution in [0.15, 0.2) is 24.3 Å². The quantitative estimate of drug-likeness (QED) is 0.527. The van der Waals surface area contributed by atoms with E-state index in [-0.39, 0.29) is 12.5 Å². The molecule has 0 aliphatic heterocycles. The summed E-state index contributed by atoms with van der Waals surface area (Å²) in [6.45, 7) is 2.89. The molecule has 130 valence electrons. The van der Waals surface area contributed by atoms with Crippen LogP contribution in [0.25, 0.3) is 0 Å². The zero-order chi connectivity index (χ0) is 16.8. The Bertz CT molecular complexity index is 414. The molecule has 0 saturated carbocycles. The summed E-state index contributed by atoms with van der Waals surface area (Å²) in [5.41, 5.74) is 2.01. The molecule has 0 unspecified atom stereocenters. The first-order chi connectivity index (χ1) is 11.3. The number of rotatable bonds is 13. The standard InChI is InChI=1S/C20H33NO2/c1-2-3-4-5-6-7-8-9-11-18-12-14-19(15-13-18)20(23)21-16-10-17-22/h12-15,22H,2-11,16-17H2,1H3,(H,21,23). The highest BCUT2D eigenvalue weighted by molar-refractivity contribution is 5.94. The van der Waals surface area contributed by atoms with E-state index in [1.165, 1.54) is 56.9 Å². The number of unbranched alkanes of at least 4 members (excludes halogenated alkanes) is 7. The molecule has 3 heteroatoms. The van der Waals surface area contributed by atoms with Crippen LogP contribution in [-0.2, 0) is 6.42 Å². The number of amides is 1. The van der Waals surface area contributed by atoms with Crippen LogP contribution in [0.4, 0.5) is 0 Å². The Balaban J connectivity index is 2.15. The molecule has 23 heavy (non-hydrogen) atoms. The molecule has 2 N–H and O–H groups in total. The van der Waals surface area contributed by atoms with Gasteiger partial charge in [-0.3, -0.25) is 4.79 Å². The van der Waals surface area contributed by atoms with Gasteiger partial charge in [-0.15, -0.1) is 0 Å². The fraction of sp³-hybridized carbons (Fsp3) is 0.650. The number of carbonyl (C=O) groups is 1. The minimum absolute atomic E-state index is 0.0583. The van der Waals surface area contributed by atoms with Gasteiger partial charge in [-0.1, -0.05) is 64.0 Å². The van der Waals surface area contributed by atoms with E-state index in [0.717, 1.165) is 6.42 Å². The Morgan fingerprint density at radius 2 is 1.52 bits per heavy atom. The molecule has 0 spiro atoms. The number of hydrogen-bond acceptors (Lipinski definition) is 2. The number of aryl methyl sites for hydroxylation is 1. The second kappa shape index (κ2) is 13.1. The van der Waals surface area contributed by atoms with Gasteiger partial charge in [-0.25, -0.2) is 0 Å². The van der Waals surface area contributed by atoms with Gasteiger partial charge in [0.2, 0.25) is 0 Å². The van der Waals surface area contributed by atoms with Crippen molar-refractivity contribution in [2.24, 2.45) is 0 Å². The van der Waals surface area contributed by atoms with E-state index >= 15 is 0 Å². The Labute approximate surface area is 141 Å². The zero-order valence-corrected chi connectivity index (χ0v) is 14.7. The van der Waals surface area contributed by atoms with Crippen LogP contribution in [0.5, 0.6) is 0 Å². The average Bonchev–Trinajstić information content (AvgIpc) is 2.58. The van der Waals surface area contributed by atoms with Crippen molar-refractivity contribution in [3.8, 4) is 0 Å². The molecule has 1 aromatic rings. The highest BCUT2D eigenvalue weighted by Crippen LogP contribution is 2.12. The number of benzene rings is 1. The Morgan fingerprint density at radius 1 is 0.913 bits per heavy atom. The molecule has 0 bridgehead atoms. The highest BCUT2D eigenvalue weighted by Gasteiger charge is 2.04. The second-order valence-electron chi connectivity index (χ2n) is 6.25. The molecule has 1 amide bonds. The molecule has 0 fully saturated rings. The van der Waals surface area contributed by atoms with Gasteiger partial charge in [-0.05, 0) is 37.0 Å². The molecule has 0 radical (unpaired) electrons. The highest BCUT2D eigenvalue weighted by atomic mass is 16.3. The van der Waals surface area contributed by atoms with Crippen molar-refractivity contribution in [3.63, 3.8) is 0 Å². The largest absolute Gasteiger partial charge is 0.396 e. The van der Waals surface area contributed by atoms with E-state index in [1.807, 2.05) is 12.1 Å². The number of aliphatic hydroxyl groups is 1. The van der Waals surface area contributed by atoms with Crippen LogP contribution in [0.2, 0.25) is 0 Å². The molecular formula is C20H33NO2. The van der Waals surface area contributed by atoms with Gasteiger partial charge in [0.1, 0.15) is 0 Å². The van der Waals surface area contributed by atoms with E-state index in [4.69, 9.17) is 5.11 Å². The Morgan fingerprint density at radius 3 is 2.13 bits per heavy atom. The summed E-state index contributed by atoms with van der Waals surface area (Å²) in [6, 6.07) is 7.91. The number of hydrogen-bond donors (Lipinski definition) is 2. The number of nitrogens with one attached hydrogen (secondary N) is 1. The van der Waals surface area contributed by atoms with Crippen LogP contribution >= 0.6 is 0 Å². The van der Waals surface area contributed by atoms with Crippen molar-refractivity contribution in [3.05, 3.63) is 35.4 Å². The molecule has 0 saturated heterocycles. The van der Waals surface area contributed by atoms with Crippen LogP contribution in [0.3, 0.4) is 0 Å². The molecular weight excluding hydrogens is 286 g/mol. The molecule has 0 aromatic heterocycles. The summed E-state index contributed by atoms with van der Waals surface area (Å²) in [7, 11) is 0. The van der Waals surface area contributed by atoms with E-state index in [9.17, 15) is 4.79 Å². The lowest BCUT2D eigenvalue weighted by atomic mass is 10.0. The maximum atomic E-state index is 11.8. The first-order valence-corrected chi connectivity index (χ1v) is 9.26. The first kappa shape index (κ1) is 19.7. The van der Waals surface area contributed by atoms with Crippen molar-refractivity contribution >= 4 is 5.91 Å². The molecule has 0 atom stereocenters. The normalized spacial score (nSPS) is 10.7. The van der Waals surface area contributed by atoms with Crippen molar-refractivity contribution in [2.75, 3.05) is 13.2 Å². The van der Waals surface area contributed by atoms with Crippen molar-refractivity contribution < 1.29 is 9.90 Å². The molecule has 0 aliphatic carbocycles. The summed E-state index contributed by atoms with van der Waals surface area (Å²) < 4.78 is 0. The van der Waals surface area contributed by atoms with Crippen molar-refractivity contribution in [1.29, 1.82) is 0 Å². The maximum Gasteiger partial charge on any atom is 0.251 e. The summed E-state index contributed by atoms with van der Waals surface area (Å²) in [5, 5.41) is 11.5. The van der Waals surface area contributed by atoms with E-state index < -0.39 is 0 Å². The Hall–Kier alpha value is -1.35. The van der Waals surface area contributed by atoms with E-state index in [1.54, 1.807) is 0 Å². The lowest BCUT2D eigenvalue weighted by Crippen LogP contribution is -2.24. The van der Waals surface area contributed by atoms with Gasteiger partial charge in [0.15, 0.2) is 0 Å². The summed E-state index contributed by atoms with van der Waals surface area (Å²) in [5.74, 6) is -0.0583. The van der Waals surface area contributed by atoms with Gasteiger partial charge in [-0.2, -0.15) is 0 Å². The topological polar surface area (TPSA) is 49.3 Å². The van der Waals surface area contributed by atoms with Crippen LogP contribution in [0, 0.1) is 0 Å².